The van der Waals surface area contributed by atoms with Crippen LogP contribution < -0.4 is 5.32 Å². The average molecular weight is 295 g/mol. The minimum absolute atomic E-state index is 0.303. The molecule has 0 aliphatic carbocycles. The SMILES string of the molecule is CCCc1ccccc1C(=O)NC(CCSC)C(=O)O. The highest BCUT2D eigenvalue weighted by Crippen LogP contribution is 2.12. The van der Waals surface area contributed by atoms with Gasteiger partial charge in [-0.1, -0.05) is 31.5 Å². The third-order valence-corrected chi connectivity index (χ3v) is 3.64. The van der Waals surface area contributed by atoms with Crippen molar-refractivity contribution in [2.24, 2.45) is 0 Å². The molecule has 0 bridgehead atoms. The molecule has 0 fully saturated rings. The standard InChI is InChI=1S/C15H21NO3S/c1-3-6-11-7-4-5-8-12(11)14(17)16-13(15(18)19)9-10-20-2/h4-5,7-8,13H,3,6,9-10H2,1-2H3,(H,16,17)(H,18,19). The van der Waals surface area contributed by atoms with Crippen LogP contribution in [0, 0.1) is 0 Å². The summed E-state index contributed by atoms with van der Waals surface area (Å²) in [5, 5.41) is 11.8. The molecule has 5 heteroatoms. The molecule has 0 spiro atoms. The van der Waals surface area contributed by atoms with Crippen LogP contribution in [-0.2, 0) is 11.2 Å². The number of benzene rings is 1. The van der Waals surface area contributed by atoms with Gasteiger partial charge in [0.1, 0.15) is 6.04 Å². The van der Waals surface area contributed by atoms with E-state index in [1.165, 1.54) is 0 Å². The lowest BCUT2D eigenvalue weighted by Crippen LogP contribution is -2.41. The molecular weight excluding hydrogens is 274 g/mol. The van der Waals surface area contributed by atoms with Crippen LogP contribution in [-0.4, -0.2) is 35.0 Å². The molecule has 0 radical (unpaired) electrons. The zero-order valence-corrected chi connectivity index (χ0v) is 12.7. The van der Waals surface area contributed by atoms with Gasteiger partial charge in [0.15, 0.2) is 0 Å². The highest BCUT2D eigenvalue weighted by atomic mass is 32.2. The first-order valence-corrected chi connectivity index (χ1v) is 8.10. The molecule has 4 nitrogen and oxygen atoms in total. The molecule has 110 valence electrons. The molecule has 0 aliphatic rings. The fraction of sp³-hybridized carbons (Fsp3) is 0.467. The van der Waals surface area contributed by atoms with E-state index in [1.54, 1.807) is 23.9 Å². The van der Waals surface area contributed by atoms with Gasteiger partial charge in [0.05, 0.1) is 0 Å². The maximum absolute atomic E-state index is 12.2. The van der Waals surface area contributed by atoms with Gasteiger partial charge in [-0.05, 0) is 36.5 Å². The van der Waals surface area contributed by atoms with E-state index in [0.717, 1.165) is 18.4 Å². The average Bonchev–Trinajstić information content (AvgIpc) is 2.43. The van der Waals surface area contributed by atoms with E-state index in [4.69, 9.17) is 5.11 Å². The van der Waals surface area contributed by atoms with Gasteiger partial charge in [-0.3, -0.25) is 4.79 Å². The van der Waals surface area contributed by atoms with Gasteiger partial charge in [0.25, 0.3) is 5.91 Å². The first kappa shape index (κ1) is 16.6. The zero-order valence-electron chi connectivity index (χ0n) is 11.9. The van der Waals surface area contributed by atoms with Gasteiger partial charge < -0.3 is 10.4 Å². The van der Waals surface area contributed by atoms with E-state index < -0.39 is 12.0 Å². The second-order valence-electron chi connectivity index (χ2n) is 4.55. The van der Waals surface area contributed by atoms with Crippen molar-refractivity contribution in [3.8, 4) is 0 Å². The van der Waals surface area contributed by atoms with Crippen LogP contribution in [0.2, 0.25) is 0 Å². The van der Waals surface area contributed by atoms with Crippen molar-refractivity contribution in [3.05, 3.63) is 35.4 Å². The van der Waals surface area contributed by atoms with Crippen LogP contribution >= 0.6 is 11.8 Å². The predicted octanol–water partition coefficient (Wildman–Crippen LogP) is 2.58. The maximum atomic E-state index is 12.2. The second kappa shape index (κ2) is 8.64. The first-order chi connectivity index (χ1) is 9.60. The number of aliphatic carboxylic acids is 1. The summed E-state index contributed by atoms with van der Waals surface area (Å²) >= 11 is 1.57. The number of hydrogen-bond acceptors (Lipinski definition) is 3. The Morgan fingerprint density at radius 2 is 2.05 bits per heavy atom. The largest absolute Gasteiger partial charge is 0.480 e. The van der Waals surface area contributed by atoms with Crippen LogP contribution in [0.5, 0.6) is 0 Å². The molecule has 1 unspecified atom stereocenters. The fourth-order valence-corrected chi connectivity index (χ4v) is 2.43. The Hall–Kier alpha value is -1.49. The summed E-state index contributed by atoms with van der Waals surface area (Å²) in [4.78, 5) is 23.4. The Kier molecular flexibility index (Phi) is 7.15. The Morgan fingerprint density at radius 1 is 1.35 bits per heavy atom. The molecular formula is C15H21NO3S. The summed E-state index contributed by atoms with van der Waals surface area (Å²) in [5.41, 5.74) is 1.53. The first-order valence-electron chi connectivity index (χ1n) is 6.70. The topological polar surface area (TPSA) is 66.4 Å². The summed E-state index contributed by atoms with van der Waals surface area (Å²) < 4.78 is 0. The third kappa shape index (κ3) is 4.89. The van der Waals surface area contributed by atoms with E-state index in [0.29, 0.717) is 17.7 Å². The van der Waals surface area contributed by atoms with Crippen LogP contribution in [0.3, 0.4) is 0 Å². The van der Waals surface area contributed by atoms with Crippen LogP contribution in [0.15, 0.2) is 24.3 Å². The molecule has 1 amide bonds. The number of hydrogen-bond donors (Lipinski definition) is 2. The van der Waals surface area contributed by atoms with E-state index in [9.17, 15) is 9.59 Å². The Balaban J connectivity index is 2.80. The molecule has 0 aromatic heterocycles. The Bertz CT molecular complexity index is 462. The summed E-state index contributed by atoms with van der Waals surface area (Å²) in [7, 11) is 0. The summed E-state index contributed by atoms with van der Waals surface area (Å²) in [6.07, 6.45) is 4.10. The number of aryl methyl sites for hydroxylation is 1. The third-order valence-electron chi connectivity index (χ3n) is 3.00. The van der Waals surface area contributed by atoms with E-state index in [-0.39, 0.29) is 5.91 Å². The number of carbonyl (C=O) groups excluding carboxylic acids is 1. The van der Waals surface area contributed by atoms with E-state index >= 15 is 0 Å². The number of carboxylic acids is 1. The number of amides is 1. The number of nitrogens with one attached hydrogen (secondary N) is 1. The molecule has 0 heterocycles. The molecule has 1 aromatic rings. The Labute approximate surface area is 124 Å². The van der Waals surface area contributed by atoms with Crippen molar-refractivity contribution >= 4 is 23.6 Å². The van der Waals surface area contributed by atoms with Crippen molar-refractivity contribution in [1.29, 1.82) is 0 Å². The molecule has 0 aliphatic heterocycles. The number of carbonyl (C=O) groups is 2. The lowest BCUT2D eigenvalue weighted by atomic mass is 10.0. The Morgan fingerprint density at radius 3 is 2.65 bits per heavy atom. The van der Waals surface area contributed by atoms with Crippen molar-refractivity contribution < 1.29 is 14.7 Å². The molecule has 20 heavy (non-hydrogen) atoms. The monoisotopic (exact) mass is 295 g/mol. The molecule has 1 rings (SSSR count). The summed E-state index contributed by atoms with van der Waals surface area (Å²) in [5.74, 6) is -0.587. The van der Waals surface area contributed by atoms with E-state index in [1.807, 2.05) is 25.3 Å². The van der Waals surface area contributed by atoms with Gasteiger partial charge in [0, 0.05) is 5.56 Å². The van der Waals surface area contributed by atoms with Gasteiger partial charge in [-0.25, -0.2) is 4.79 Å². The molecule has 0 saturated heterocycles. The maximum Gasteiger partial charge on any atom is 0.326 e. The van der Waals surface area contributed by atoms with Gasteiger partial charge >= 0.3 is 5.97 Å². The zero-order chi connectivity index (χ0) is 15.0. The summed E-state index contributed by atoms with van der Waals surface area (Å²) in [6.45, 7) is 2.05. The van der Waals surface area contributed by atoms with Gasteiger partial charge in [-0.2, -0.15) is 11.8 Å². The van der Waals surface area contributed by atoms with Crippen molar-refractivity contribution in [2.75, 3.05) is 12.0 Å². The lowest BCUT2D eigenvalue weighted by molar-refractivity contribution is -0.139. The molecule has 1 atom stereocenters. The molecule has 1 aromatic carbocycles. The highest BCUT2D eigenvalue weighted by molar-refractivity contribution is 7.98. The molecule has 0 saturated carbocycles. The van der Waals surface area contributed by atoms with Crippen molar-refractivity contribution in [2.45, 2.75) is 32.2 Å². The van der Waals surface area contributed by atoms with Gasteiger partial charge in [0.2, 0.25) is 0 Å². The van der Waals surface area contributed by atoms with Crippen LogP contribution in [0.4, 0.5) is 0 Å². The lowest BCUT2D eigenvalue weighted by Gasteiger charge is -2.15. The quantitative estimate of drug-likeness (QED) is 0.773. The highest BCUT2D eigenvalue weighted by Gasteiger charge is 2.21. The second-order valence-corrected chi connectivity index (χ2v) is 5.54. The van der Waals surface area contributed by atoms with Crippen LogP contribution in [0.1, 0.15) is 35.7 Å². The van der Waals surface area contributed by atoms with Gasteiger partial charge in [-0.15, -0.1) is 0 Å². The smallest absolute Gasteiger partial charge is 0.326 e. The number of carboxylic acid groups (broad SMARTS) is 1. The number of rotatable bonds is 8. The normalized spacial score (nSPS) is 11.9. The minimum Gasteiger partial charge on any atom is -0.480 e. The molecule has 2 N–H and O–H groups in total. The van der Waals surface area contributed by atoms with Crippen LogP contribution in [0.25, 0.3) is 0 Å². The summed E-state index contributed by atoms with van der Waals surface area (Å²) in [6, 6.07) is 6.52. The van der Waals surface area contributed by atoms with Crippen molar-refractivity contribution in [1.82, 2.24) is 5.32 Å². The van der Waals surface area contributed by atoms with Crippen molar-refractivity contribution in [3.63, 3.8) is 0 Å². The van der Waals surface area contributed by atoms with E-state index in [2.05, 4.69) is 5.32 Å². The predicted molar refractivity (Wildman–Crippen MR) is 82.3 cm³/mol. The fourth-order valence-electron chi connectivity index (χ4n) is 1.96. The number of thioether (sulfide) groups is 1. The minimum atomic E-state index is -0.986.